The second-order valence-corrected chi connectivity index (χ2v) is 10.2. The van der Waals surface area contributed by atoms with Gasteiger partial charge in [0.2, 0.25) is 0 Å². The maximum atomic E-state index is 13.6. The van der Waals surface area contributed by atoms with Crippen LogP contribution in [-0.4, -0.2) is 46.9 Å². The van der Waals surface area contributed by atoms with Gasteiger partial charge in [0.25, 0.3) is 0 Å². The number of benzene rings is 2. The van der Waals surface area contributed by atoms with Crippen LogP contribution in [-0.2, 0) is 11.3 Å². The van der Waals surface area contributed by atoms with Crippen molar-refractivity contribution in [2.75, 3.05) is 6.61 Å². The third-order valence-electron chi connectivity index (χ3n) is 8.22. The van der Waals surface area contributed by atoms with Crippen molar-refractivity contribution in [1.29, 1.82) is 0 Å². The van der Waals surface area contributed by atoms with E-state index >= 15 is 0 Å². The summed E-state index contributed by atoms with van der Waals surface area (Å²) in [5.41, 5.74) is 2.28. The fourth-order valence-corrected chi connectivity index (χ4v) is 6.58. The van der Waals surface area contributed by atoms with Gasteiger partial charge in [-0.1, -0.05) is 48.9 Å². The number of rotatable bonds is 7. The van der Waals surface area contributed by atoms with E-state index in [9.17, 15) is 14.3 Å². The van der Waals surface area contributed by atoms with Gasteiger partial charge in [0, 0.05) is 18.6 Å². The standard InChI is InChI=1S/C28H35FN2O3/c29-22-9-4-8-21(16-22)20-12-14-23(15-13-20)34-18-26-27(30-17-19-6-2-1-3-7-19)24-10-5-11-25(24)31(26)28(32)33/h1-4,6-9,16,20,23-27,30H,5,10-15,17-18H2,(H,32,33)/t20?,23?,24-,25+,26-,27-/m0/s1. The van der Waals surface area contributed by atoms with Gasteiger partial charge in [0.05, 0.1) is 18.8 Å². The SMILES string of the molecule is O=C(O)N1[C@@H]2CCC[C@@H]2[C@H](NCc2ccccc2)[C@@H]1COC1CCC(c2cccc(F)c2)CC1. The molecule has 2 saturated carbocycles. The van der Waals surface area contributed by atoms with Crippen molar-refractivity contribution in [3.05, 3.63) is 71.5 Å². The van der Waals surface area contributed by atoms with E-state index in [-0.39, 0.29) is 30.0 Å². The lowest BCUT2D eigenvalue weighted by Crippen LogP contribution is -2.49. The number of nitrogens with zero attached hydrogens (tertiary/aromatic N) is 1. The number of hydrogen-bond acceptors (Lipinski definition) is 3. The normalized spacial score (nSPS) is 30.9. The minimum absolute atomic E-state index is 0.0862. The molecule has 3 fully saturated rings. The topological polar surface area (TPSA) is 61.8 Å². The van der Waals surface area contributed by atoms with Gasteiger partial charge in [-0.2, -0.15) is 0 Å². The van der Waals surface area contributed by atoms with Crippen LogP contribution in [0.25, 0.3) is 0 Å². The summed E-state index contributed by atoms with van der Waals surface area (Å²) in [5.74, 6) is 0.541. The lowest BCUT2D eigenvalue weighted by molar-refractivity contribution is -0.00934. The summed E-state index contributed by atoms with van der Waals surface area (Å²) in [7, 11) is 0. The first kappa shape index (κ1) is 23.3. The maximum Gasteiger partial charge on any atom is 0.407 e. The van der Waals surface area contributed by atoms with Gasteiger partial charge >= 0.3 is 6.09 Å². The first-order valence-corrected chi connectivity index (χ1v) is 12.8. The highest BCUT2D eigenvalue weighted by atomic mass is 19.1. The molecule has 2 aromatic carbocycles. The molecule has 1 amide bonds. The van der Waals surface area contributed by atoms with Crippen LogP contribution in [0.5, 0.6) is 0 Å². The van der Waals surface area contributed by atoms with Crippen LogP contribution in [0.1, 0.15) is 62.0 Å². The van der Waals surface area contributed by atoms with Gasteiger partial charge in [-0.05, 0) is 73.6 Å². The molecular formula is C28H35FN2O3. The zero-order valence-electron chi connectivity index (χ0n) is 19.6. The number of carboxylic acid groups (broad SMARTS) is 1. The molecule has 1 saturated heterocycles. The molecule has 2 aromatic rings. The summed E-state index contributed by atoms with van der Waals surface area (Å²) >= 11 is 0. The Balaban J connectivity index is 1.21. The summed E-state index contributed by atoms with van der Waals surface area (Å²) in [6.45, 7) is 1.17. The molecule has 3 aliphatic rings. The number of halogens is 1. The van der Waals surface area contributed by atoms with Gasteiger partial charge < -0.3 is 15.2 Å². The highest BCUT2D eigenvalue weighted by molar-refractivity contribution is 5.67. The predicted octanol–water partition coefficient (Wildman–Crippen LogP) is 5.56. The third kappa shape index (κ3) is 4.98. The zero-order chi connectivity index (χ0) is 23.5. The Morgan fingerprint density at radius 1 is 1.03 bits per heavy atom. The quantitative estimate of drug-likeness (QED) is 0.561. The second kappa shape index (κ2) is 10.4. The van der Waals surface area contributed by atoms with Crippen LogP contribution in [0, 0.1) is 11.7 Å². The smallest absolute Gasteiger partial charge is 0.407 e. The Kier molecular flexibility index (Phi) is 7.16. The van der Waals surface area contributed by atoms with Gasteiger partial charge in [0.15, 0.2) is 0 Å². The molecule has 6 heteroatoms. The predicted molar refractivity (Wildman–Crippen MR) is 129 cm³/mol. The number of nitrogens with one attached hydrogen (secondary N) is 1. The average molecular weight is 467 g/mol. The van der Waals surface area contributed by atoms with Crippen molar-refractivity contribution in [2.45, 2.75) is 81.6 Å². The molecule has 0 bridgehead atoms. The van der Waals surface area contributed by atoms with Crippen LogP contribution < -0.4 is 5.32 Å². The Bertz CT molecular complexity index is 963. The van der Waals surface area contributed by atoms with E-state index in [4.69, 9.17) is 4.74 Å². The van der Waals surface area contributed by atoms with E-state index < -0.39 is 6.09 Å². The maximum absolute atomic E-state index is 13.6. The van der Waals surface area contributed by atoms with E-state index in [1.54, 1.807) is 17.0 Å². The van der Waals surface area contributed by atoms with Crippen LogP contribution in [0.2, 0.25) is 0 Å². The lowest BCUT2D eigenvalue weighted by Gasteiger charge is -2.33. The molecule has 2 aliphatic carbocycles. The highest BCUT2D eigenvalue weighted by Gasteiger charge is 2.52. The number of carbonyl (C=O) groups is 1. The van der Waals surface area contributed by atoms with E-state index in [1.165, 1.54) is 11.6 Å². The average Bonchev–Trinajstić information content (AvgIpc) is 3.43. The fraction of sp³-hybridized carbons (Fsp3) is 0.536. The van der Waals surface area contributed by atoms with Crippen molar-refractivity contribution in [1.82, 2.24) is 10.2 Å². The van der Waals surface area contributed by atoms with Crippen LogP contribution in [0.15, 0.2) is 54.6 Å². The van der Waals surface area contributed by atoms with Crippen molar-refractivity contribution in [3.8, 4) is 0 Å². The molecule has 0 aromatic heterocycles. The number of hydrogen-bond donors (Lipinski definition) is 2. The lowest BCUT2D eigenvalue weighted by atomic mass is 9.82. The van der Waals surface area contributed by atoms with Gasteiger partial charge in [-0.25, -0.2) is 9.18 Å². The molecule has 0 radical (unpaired) electrons. The first-order chi connectivity index (χ1) is 16.6. The molecule has 1 aliphatic heterocycles. The van der Waals surface area contributed by atoms with Crippen LogP contribution in [0.4, 0.5) is 9.18 Å². The van der Waals surface area contributed by atoms with Crippen LogP contribution >= 0.6 is 0 Å². The first-order valence-electron chi connectivity index (χ1n) is 12.8. The molecule has 34 heavy (non-hydrogen) atoms. The third-order valence-corrected chi connectivity index (χ3v) is 8.22. The monoisotopic (exact) mass is 466 g/mol. The molecule has 182 valence electrons. The molecular weight excluding hydrogens is 431 g/mol. The van der Waals surface area contributed by atoms with E-state index in [1.807, 2.05) is 24.3 Å². The molecule has 1 heterocycles. The number of ether oxygens (including phenoxy) is 1. The van der Waals surface area contributed by atoms with E-state index in [0.29, 0.717) is 18.4 Å². The fourth-order valence-electron chi connectivity index (χ4n) is 6.58. The largest absolute Gasteiger partial charge is 0.465 e. The number of likely N-dealkylation sites (tertiary alicyclic amines) is 1. The molecule has 0 unspecified atom stereocenters. The Morgan fingerprint density at radius 2 is 1.82 bits per heavy atom. The van der Waals surface area contributed by atoms with Gasteiger partial charge in [-0.3, -0.25) is 4.90 Å². The van der Waals surface area contributed by atoms with Gasteiger partial charge in [0.1, 0.15) is 5.82 Å². The Hall–Kier alpha value is -2.44. The minimum atomic E-state index is -0.829. The Labute approximate surface area is 201 Å². The molecule has 5 nitrogen and oxygen atoms in total. The summed E-state index contributed by atoms with van der Waals surface area (Å²) in [6, 6.07) is 17.3. The molecule has 4 atom stereocenters. The minimum Gasteiger partial charge on any atom is -0.465 e. The van der Waals surface area contributed by atoms with Crippen molar-refractivity contribution in [3.63, 3.8) is 0 Å². The van der Waals surface area contributed by atoms with Crippen molar-refractivity contribution in [2.24, 2.45) is 5.92 Å². The highest BCUT2D eigenvalue weighted by Crippen LogP contribution is 2.42. The Morgan fingerprint density at radius 3 is 2.56 bits per heavy atom. The summed E-state index contributed by atoms with van der Waals surface area (Å²) in [5, 5.41) is 13.8. The number of amides is 1. The zero-order valence-corrected chi connectivity index (χ0v) is 19.6. The van der Waals surface area contributed by atoms with E-state index in [0.717, 1.165) is 57.1 Å². The molecule has 2 N–H and O–H groups in total. The van der Waals surface area contributed by atoms with E-state index in [2.05, 4.69) is 17.4 Å². The van der Waals surface area contributed by atoms with Crippen molar-refractivity contribution < 1.29 is 19.0 Å². The number of fused-ring (bicyclic) bond motifs is 1. The summed E-state index contributed by atoms with van der Waals surface area (Å²) in [4.78, 5) is 14.0. The van der Waals surface area contributed by atoms with Crippen molar-refractivity contribution >= 4 is 6.09 Å². The molecule has 0 spiro atoms. The summed E-state index contributed by atoms with van der Waals surface area (Å²) in [6.07, 6.45) is 6.20. The molecule has 5 rings (SSSR count). The van der Waals surface area contributed by atoms with Gasteiger partial charge in [-0.15, -0.1) is 0 Å². The summed E-state index contributed by atoms with van der Waals surface area (Å²) < 4.78 is 20.0. The van der Waals surface area contributed by atoms with Crippen LogP contribution in [0.3, 0.4) is 0 Å². The second-order valence-electron chi connectivity index (χ2n) is 10.2.